The van der Waals surface area contributed by atoms with E-state index in [0.29, 0.717) is 35.1 Å². The van der Waals surface area contributed by atoms with Crippen LogP contribution in [0, 0.1) is 0 Å². The van der Waals surface area contributed by atoms with Crippen LogP contribution < -0.4 is 25.3 Å². The molecule has 0 radical (unpaired) electrons. The van der Waals surface area contributed by atoms with Gasteiger partial charge in [-0.25, -0.2) is 0 Å². The third-order valence-corrected chi connectivity index (χ3v) is 5.40. The summed E-state index contributed by atoms with van der Waals surface area (Å²) in [6.07, 6.45) is 1.52. The van der Waals surface area contributed by atoms with E-state index in [0.717, 1.165) is 16.7 Å². The van der Waals surface area contributed by atoms with Crippen LogP contribution in [-0.2, 0) is 14.4 Å². The number of para-hydroxylation sites is 2. The molecule has 1 aliphatic heterocycles. The van der Waals surface area contributed by atoms with Gasteiger partial charge in [0.05, 0.1) is 24.3 Å². The van der Waals surface area contributed by atoms with E-state index in [2.05, 4.69) is 5.32 Å². The zero-order chi connectivity index (χ0) is 24.7. The van der Waals surface area contributed by atoms with Gasteiger partial charge in [0, 0.05) is 0 Å². The lowest BCUT2D eigenvalue weighted by Gasteiger charge is -2.14. The molecule has 0 unspecified atom stereocenters. The molecule has 34 heavy (non-hydrogen) atoms. The normalized spacial score (nSPS) is 14.3. The summed E-state index contributed by atoms with van der Waals surface area (Å²) >= 11 is 0.731. The summed E-state index contributed by atoms with van der Waals surface area (Å²) in [7, 11) is 1.47. The van der Waals surface area contributed by atoms with Gasteiger partial charge in [-0.3, -0.25) is 24.1 Å². The summed E-state index contributed by atoms with van der Waals surface area (Å²) < 4.78 is 16.1. The zero-order valence-electron chi connectivity index (χ0n) is 18.5. The Balaban J connectivity index is 1.73. The van der Waals surface area contributed by atoms with E-state index in [1.807, 2.05) is 0 Å². The van der Waals surface area contributed by atoms with Gasteiger partial charge in [0.25, 0.3) is 17.1 Å². The highest BCUT2D eigenvalue weighted by molar-refractivity contribution is 8.18. The summed E-state index contributed by atoms with van der Waals surface area (Å²) in [4.78, 5) is 49.7. The lowest BCUT2D eigenvalue weighted by Crippen LogP contribution is -2.36. The smallest absolute Gasteiger partial charge is 0.294 e. The maximum absolute atomic E-state index is 12.8. The molecule has 0 bridgehead atoms. The molecule has 10 nitrogen and oxygen atoms in total. The van der Waals surface area contributed by atoms with Gasteiger partial charge in [-0.2, -0.15) is 0 Å². The van der Waals surface area contributed by atoms with Crippen molar-refractivity contribution in [2.75, 3.05) is 32.2 Å². The number of benzene rings is 2. The maximum atomic E-state index is 12.8. The topological polar surface area (TPSA) is 137 Å². The molecule has 0 aliphatic carbocycles. The SMILES string of the molecule is CCOc1cc(/C=C2\SC(=O)N(CC(=O)Nc3ccccc3OC)C2=O)ccc1OCC(N)=O. The lowest BCUT2D eigenvalue weighted by molar-refractivity contribution is -0.127. The van der Waals surface area contributed by atoms with E-state index in [9.17, 15) is 19.2 Å². The highest BCUT2D eigenvalue weighted by Gasteiger charge is 2.36. The number of imide groups is 1. The first-order chi connectivity index (χ1) is 16.3. The Labute approximate surface area is 200 Å². The number of primary amides is 1. The van der Waals surface area contributed by atoms with Crippen molar-refractivity contribution in [2.24, 2.45) is 5.73 Å². The lowest BCUT2D eigenvalue weighted by atomic mass is 10.2. The predicted molar refractivity (Wildman–Crippen MR) is 127 cm³/mol. The van der Waals surface area contributed by atoms with E-state index in [4.69, 9.17) is 19.9 Å². The van der Waals surface area contributed by atoms with Gasteiger partial charge in [0.15, 0.2) is 18.1 Å². The van der Waals surface area contributed by atoms with Crippen LogP contribution >= 0.6 is 11.8 Å². The number of thioether (sulfide) groups is 1. The van der Waals surface area contributed by atoms with Crippen LogP contribution in [-0.4, -0.2) is 54.7 Å². The van der Waals surface area contributed by atoms with Crippen molar-refractivity contribution in [3.05, 3.63) is 52.9 Å². The molecule has 1 fully saturated rings. The predicted octanol–water partition coefficient (Wildman–Crippen LogP) is 2.63. The fraction of sp³-hybridized carbons (Fsp3) is 0.217. The van der Waals surface area contributed by atoms with E-state index >= 15 is 0 Å². The Hall–Kier alpha value is -3.99. The van der Waals surface area contributed by atoms with E-state index in [1.165, 1.54) is 13.2 Å². The number of hydrogen-bond acceptors (Lipinski definition) is 8. The van der Waals surface area contributed by atoms with Gasteiger partial charge >= 0.3 is 0 Å². The molecule has 4 amide bonds. The van der Waals surface area contributed by atoms with Crippen LogP contribution in [0.15, 0.2) is 47.4 Å². The van der Waals surface area contributed by atoms with Crippen LogP contribution in [0.4, 0.5) is 10.5 Å². The molecule has 2 aromatic rings. The number of ether oxygens (including phenoxy) is 3. The first-order valence-corrected chi connectivity index (χ1v) is 11.0. The van der Waals surface area contributed by atoms with Crippen LogP contribution in [0.2, 0.25) is 0 Å². The number of carbonyl (C=O) groups excluding carboxylic acids is 4. The Bertz CT molecular complexity index is 1150. The van der Waals surface area contributed by atoms with Gasteiger partial charge in [0.2, 0.25) is 5.91 Å². The summed E-state index contributed by atoms with van der Waals surface area (Å²) in [5.74, 6) is -0.625. The largest absolute Gasteiger partial charge is 0.495 e. The first kappa shape index (κ1) is 24.6. The second-order valence-corrected chi connectivity index (χ2v) is 7.90. The third kappa shape index (κ3) is 6.07. The fourth-order valence-corrected chi connectivity index (χ4v) is 3.86. The second-order valence-electron chi connectivity index (χ2n) is 6.91. The molecule has 0 saturated carbocycles. The first-order valence-electron chi connectivity index (χ1n) is 10.2. The molecule has 1 saturated heterocycles. The number of nitrogens with zero attached hydrogens (tertiary/aromatic N) is 1. The summed E-state index contributed by atoms with van der Waals surface area (Å²) in [6, 6.07) is 11.6. The minimum Gasteiger partial charge on any atom is -0.495 e. The molecule has 178 valence electrons. The Morgan fingerprint density at radius 1 is 1.09 bits per heavy atom. The van der Waals surface area contributed by atoms with Crippen molar-refractivity contribution in [3.8, 4) is 17.2 Å². The quantitative estimate of drug-likeness (QED) is 0.490. The van der Waals surface area contributed by atoms with Crippen molar-refractivity contribution in [1.29, 1.82) is 0 Å². The van der Waals surface area contributed by atoms with E-state index in [1.54, 1.807) is 49.4 Å². The monoisotopic (exact) mass is 485 g/mol. The number of hydrogen-bond donors (Lipinski definition) is 2. The van der Waals surface area contributed by atoms with Crippen LogP contribution in [0.1, 0.15) is 12.5 Å². The molecule has 0 atom stereocenters. The van der Waals surface area contributed by atoms with Gasteiger partial charge < -0.3 is 25.3 Å². The summed E-state index contributed by atoms with van der Waals surface area (Å²) in [5, 5.41) is 2.08. The standard InChI is InChI=1S/C23H23N3O7S/c1-3-32-18-10-14(8-9-17(18)33-13-20(24)27)11-19-22(29)26(23(30)34-19)12-21(28)25-15-6-4-5-7-16(15)31-2/h4-11H,3,12-13H2,1-2H3,(H2,24,27)(H,25,28)/b19-11-. The minimum atomic E-state index is -0.630. The molecule has 11 heteroatoms. The van der Waals surface area contributed by atoms with E-state index < -0.39 is 29.5 Å². The number of nitrogens with one attached hydrogen (secondary N) is 1. The van der Waals surface area contributed by atoms with Crippen LogP contribution in [0.5, 0.6) is 17.2 Å². The van der Waals surface area contributed by atoms with Gasteiger partial charge in [-0.1, -0.05) is 18.2 Å². The fourth-order valence-electron chi connectivity index (χ4n) is 3.02. The Morgan fingerprint density at radius 3 is 2.56 bits per heavy atom. The second kappa shape index (κ2) is 11.2. The average Bonchev–Trinajstić information content (AvgIpc) is 3.06. The Morgan fingerprint density at radius 2 is 1.85 bits per heavy atom. The molecule has 1 aliphatic rings. The van der Waals surface area contributed by atoms with Crippen LogP contribution in [0.3, 0.4) is 0 Å². The third-order valence-electron chi connectivity index (χ3n) is 4.49. The van der Waals surface area contributed by atoms with E-state index in [-0.39, 0.29) is 11.5 Å². The maximum Gasteiger partial charge on any atom is 0.294 e. The van der Waals surface area contributed by atoms with Gasteiger partial charge in [-0.15, -0.1) is 0 Å². The Kier molecular flexibility index (Phi) is 8.14. The van der Waals surface area contributed by atoms with Crippen molar-refractivity contribution in [2.45, 2.75) is 6.92 Å². The number of carbonyl (C=O) groups is 4. The highest BCUT2D eigenvalue weighted by atomic mass is 32.2. The van der Waals surface area contributed by atoms with Crippen LogP contribution in [0.25, 0.3) is 6.08 Å². The number of methoxy groups -OCH3 is 1. The molecule has 2 aromatic carbocycles. The highest BCUT2D eigenvalue weighted by Crippen LogP contribution is 2.35. The summed E-state index contributed by atoms with van der Waals surface area (Å²) in [5.41, 5.74) is 6.11. The molecule has 0 spiro atoms. The van der Waals surface area contributed by atoms with Gasteiger partial charge in [-0.05, 0) is 54.6 Å². The number of rotatable bonds is 10. The minimum absolute atomic E-state index is 0.156. The number of nitrogens with two attached hydrogens (primary N) is 1. The average molecular weight is 486 g/mol. The van der Waals surface area contributed by atoms with Gasteiger partial charge in [0.1, 0.15) is 12.3 Å². The molecular formula is C23H23N3O7S. The molecular weight excluding hydrogens is 462 g/mol. The number of amides is 4. The molecule has 0 aromatic heterocycles. The molecule has 3 rings (SSSR count). The summed E-state index contributed by atoms with van der Waals surface area (Å²) in [6.45, 7) is 1.37. The van der Waals surface area contributed by atoms with Crippen molar-refractivity contribution in [1.82, 2.24) is 4.90 Å². The van der Waals surface area contributed by atoms with Crippen molar-refractivity contribution < 1.29 is 33.4 Å². The number of anilines is 1. The van der Waals surface area contributed by atoms with Crippen molar-refractivity contribution >= 4 is 46.5 Å². The zero-order valence-corrected chi connectivity index (χ0v) is 19.3. The molecule has 3 N–H and O–H groups in total. The van der Waals surface area contributed by atoms with Crippen molar-refractivity contribution in [3.63, 3.8) is 0 Å². The molecule has 1 heterocycles.